The van der Waals surface area contributed by atoms with Gasteiger partial charge in [-0.1, -0.05) is 6.07 Å². The molecule has 0 aliphatic carbocycles. The van der Waals surface area contributed by atoms with Crippen LogP contribution in [0.3, 0.4) is 0 Å². The Kier molecular flexibility index (Phi) is 3.97. The van der Waals surface area contributed by atoms with Gasteiger partial charge in [0.05, 0.1) is 22.9 Å². The minimum absolute atomic E-state index is 0.0272. The topological polar surface area (TPSA) is 103 Å². The van der Waals surface area contributed by atoms with Crippen LogP contribution in [0.1, 0.15) is 0 Å². The van der Waals surface area contributed by atoms with E-state index in [2.05, 4.69) is 4.98 Å². The maximum atomic E-state index is 12.4. The molecule has 0 amide bonds. The number of benzene rings is 1. The summed E-state index contributed by atoms with van der Waals surface area (Å²) in [5, 5.41) is 10.6. The summed E-state index contributed by atoms with van der Waals surface area (Å²) in [6, 6.07) is 10.1. The smallest absolute Gasteiger partial charge is 0.269 e. The molecule has 3 rings (SSSR count). The summed E-state index contributed by atoms with van der Waals surface area (Å²) in [5.74, 6) is 0.449. The van der Waals surface area contributed by atoms with E-state index in [0.29, 0.717) is 5.88 Å². The van der Waals surface area contributed by atoms with Gasteiger partial charge in [-0.3, -0.25) is 10.1 Å². The van der Waals surface area contributed by atoms with Crippen LogP contribution < -0.4 is 4.74 Å². The number of ether oxygens (including phenoxy) is 1. The summed E-state index contributed by atoms with van der Waals surface area (Å²) in [4.78, 5) is 14.1. The van der Waals surface area contributed by atoms with Gasteiger partial charge in [-0.2, -0.15) is 4.31 Å². The Hall–Kier alpha value is -2.52. The standard InChI is InChI=1S/C14H13N3O5S/c18-17(19)11-4-6-13(7-5-11)23(20,21)16-9-12(10-16)22-14-3-1-2-8-15-14/h1-8,12H,9-10H2. The minimum atomic E-state index is -3.66. The fourth-order valence-electron chi connectivity index (χ4n) is 2.15. The summed E-state index contributed by atoms with van der Waals surface area (Å²) in [7, 11) is -3.66. The molecule has 1 fully saturated rings. The molecule has 1 aliphatic heterocycles. The number of hydrogen-bond acceptors (Lipinski definition) is 6. The molecule has 8 nitrogen and oxygen atoms in total. The zero-order valence-electron chi connectivity index (χ0n) is 11.9. The van der Waals surface area contributed by atoms with Gasteiger partial charge in [0.15, 0.2) is 0 Å². The van der Waals surface area contributed by atoms with Crippen LogP contribution in [-0.4, -0.2) is 41.8 Å². The maximum Gasteiger partial charge on any atom is 0.269 e. The summed E-state index contributed by atoms with van der Waals surface area (Å²) < 4.78 is 31.6. The molecule has 2 heterocycles. The van der Waals surface area contributed by atoms with Crippen LogP contribution in [0.25, 0.3) is 0 Å². The average molecular weight is 335 g/mol. The number of aromatic nitrogens is 1. The second-order valence-electron chi connectivity index (χ2n) is 4.98. The van der Waals surface area contributed by atoms with E-state index >= 15 is 0 Å². The molecule has 1 saturated heterocycles. The largest absolute Gasteiger partial charge is 0.472 e. The molecule has 0 spiro atoms. The first-order chi connectivity index (χ1) is 11.0. The number of hydrogen-bond donors (Lipinski definition) is 0. The van der Waals surface area contributed by atoms with Crippen LogP contribution in [0.5, 0.6) is 5.88 Å². The minimum Gasteiger partial charge on any atom is -0.472 e. The molecule has 2 aromatic rings. The van der Waals surface area contributed by atoms with Crippen LogP contribution in [-0.2, 0) is 10.0 Å². The lowest BCUT2D eigenvalue weighted by atomic mass is 10.2. The van der Waals surface area contributed by atoms with Gasteiger partial charge in [0, 0.05) is 24.4 Å². The first-order valence-corrected chi connectivity index (χ1v) is 8.23. The number of rotatable bonds is 5. The average Bonchev–Trinajstić information content (AvgIpc) is 2.51. The van der Waals surface area contributed by atoms with E-state index in [1.807, 2.05) is 0 Å². The van der Waals surface area contributed by atoms with Gasteiger partial charge >= 0.3 is 0 Å². The molecule has 23 heavy (non-hydrogen) atoms. The molecule has 1 aromatic heterocycles. The number of sulfonamides is 1. The van der Waals surface area contributed by atoms with Crippen molar-refractivity contribution < 1.29 is 18.1 Å². The molecule has 0 saturated carbocycles. The van der Waals surface area contributed by atoms with E-state index in [1.165, 1.54) is 28.6 Å². The molecular weight excluding hydrogens is 322 g/mol. The molecule has 0 N–H and O–H groups in total. The van der Waals surface area contributed by atoms with Crippen LogP contribution in [0.15, 0.2) is 53.6 Å². The Morgan fingerprint density at radius 1 is 1.17 bits per heavy atom. The zero-order chi connectivity index (χ0) is 16.4. The van der Waals surface area contributed by atoms with E-state index in [0.717, 1.165) is 0 Å². The Balaban J connectivity index is 1.65. The molecule has 0 unspecified atom stereocenters. The molecule has 0 atom stereocenters. The van der Waals surface area contributed by atoms with Crippen molar-refractivity contribution in [2.24, 2.45) is 0 Å². The van der Waals surface area contributed by atoms with Crippen molar-refractivity contribution in [2.75, 3.05) is 13.1 Å². The first kappa shape index (κ1) is 15.4. The monoisotopic (exact) mass is 335 g/mol. The predicted octanol–water partition coefficient (Wildman–Crippen LogP) is 1.44. The molecule has 1 aliphatic rings. The van der Waals surface area contributed by atoms with Crippen LogP contribution in [0.2, 0.25) is 0 Å². The van der Waals surface area contributed by atoms with Gasteiger partial charge in [0.2, 0.25) is 15.9 Å². The molecular formula is C14H13N3O5S. The highest BCUT2D eigenvalue weighted by Crippen LogP contribution is 2.25. The van der Waals surface area contributed by atoms with Gasteiger partial charge in [-0.05, 0) is 18.2 Å². The van der Waals surface area contributed by atoms with Crippen molar-refractivity contribution in [2.45, 2.75) is 11.0 Å². The fraction of sp³-hybridized carbons (Fsp3) is 0.214. The maximum absolute atomic E-state index is 12.4. The van der Waals surface area contributed by atoms with Gasteiger partial charge in [-0.25, -0.2) is 13.4 Å². The molecule has 0 radical (unpaired) electrons. The van der Waals surface area contributed by atoms with Crippen molar-refractivity contribution >= 4 is 15.7 Å². The Morgan fingerprint density at radius 2 is 1.87 bits per heavy atom. The summed E-state index contributed by atoms with van der Waals surface area (Å²) in [6.07, 6.45) is 1.34. The number of nitrogens with zero attached hydrogens (tertiary/aromatic N) is 3. The van der Waals surface area contributed by atoms with Crippen molar-refractivity contribution in [3.63, 3.8) is 0 Å². The van der Waals surface area contributed by atoms with Crippen molar-refractivity contribution in [3.8, 4) is 5.88 Å². The molecule has 120 valence electrons. The number of nitro benzene ring substituents is 1. The van der Waals surface area contributed by atoms with E-state index in [4.69, 9.17) is 4.74 Å². The second kappa shape index (κ2) is 5.94. The number of pyridine rings is 1. The highest BCUT2D eigenvalue weighted by molar-refractivity contribution is 7.89. The van der Waals surface area contributed by atoms with Gasteiger partial charge in [0.25, 0.3) is 5.69 Å². The van der Waals surface area contributed by atoms with Crippen LogP contribution in [0.4, 0.5) is 5.69 Å². The van der Waals surface area contributed by atoms with Crippen LogP contribution in [0, 0.1) is 10.1 Å². The van der Waals surface area contributed by atoms with Gasteiger partial charge < -0.3 is 4.74 Å². The van der Waals surface area contributed by atoms with E-state index in [-0.39, 0.29) is 29.8 Å². The van der Waals surface area contributed by atoms with Crippen molar-refractivity contribution in [1.29, 1.82) is 0 Å². The lowest BCUT2D eigenvalue weighted by Gasteiger charge is -2.37. The third kappa shape index (κ3) is 3.15. The van der Waals surface area contributed by atoms with Crippen LogP contribution >= 0.6 is 0 Å². The first-order valence-electron chi connectivity index (χ1n) is 6.79. The Bertz CT molecular complexity index is 802. The lowest BCUT2D eigenvalue weighted by molar-refractivity contribution is -0.384. The lowest BCUT2D eigenvalue weighted by Crippen LogP contribution is -2.56. The number of nitro groups is 1. The van der Waals surface area contributed by atoms with E-state index in [1.54, 1.807) is 24.4 Å². The molecule has 9 heteroatoms. The number of non-ortho nitro benzene ring substituents is 1. The van der Waals surface area contributed by atoms with E-state index in [9.17, 15) is 18.5 Å². The summed E-state index contributed by atoms with van der Waals surface area (Å²) >= 11 is 0. The third-order valence-corrected chi connectivity index (χ3v) is 5.27. The SMILES string of the molecule is O=[N+]([O-])c1ccc(S(=O)(=O)N2CC(Oc3ccccn3)C2)cc1. The zero-order valence-corrected chi connectivity index (χ0v) is 12.7. The van der Waals surface area contributed by atoms with Gasteiger partial charge in [0.1, 0.15) is 6.10 Å². The third-order valence-electron chi connectivity index (χ3n) is 3.43. The Labute approximate surface area is 132 Å². The normalized spacial score (nSPS) is 15.8. The molecule has 1 aromatic carbocycles. The highest BCUT2D eigenvalue weighted by Gasteiger charge is 2.38. The summed E-state index contributed by atoms with van der Waals surface area (Å²) in [5.41, 5.74) is -0.149. The van der Waals surface area contributed by atoms with Crippen molar-refractivity contribution in [1.82, 2.24) is 9.29 Å². The second-order valence-corrected chi connectivity index (χ2v) is 6.92. The van der Waals surface area contributed by atoms with Crippen molar-refractivity contribution in [3.05, 3.63) is 58.8 Å². The quantitative estimate of drug-likeness (QED) is 0.605. The summed E-state index contributed by atoms with van der Waals surface area (Å²) in [6.45, 7) is 0.436. The molecule has 0 bridgehead atoms. The predicted molar refractivity (Wildman–Crippen MR) is 80.5 cm³/mol. The van der Waals surface area contributed by atoms with Gasteiger partial charge in [-0.15, -0.1) is 0 Å². The fourth-order valence-corrected chi connectivity index (χ4v) is 3.65. The highest BCUT2D eigenvalue weighted by atomic mass is 32.2. The van der Waals surface area contributed by atoms with E-state index < -0.39 is 14.9 Å². The Morgan fingerprint density at radius 3 is 2.43 bits per heavy atom.